The maximum atomic E-state index is 13.4. The second-order valence-corrected chi connectivity index (χ2v) is 10.4. The fraction of sp³-hybridized carbons (Fsp3) is 0.242. The second kappa shape index (κ2) is 9.07. The number of fused-ring (bicyclic) bond motifs is 2. The van der Waals surface area contributed by atoms with E-state index < -0.39 is 11.4 Å². The van der Waals surface area contributed by atoms with E-state index in [1.165, 1.54) is 21.9 Å². The van der Waals surface area contributed by atoms with Crippen LogP contribution in [0.2, 0.25) is 0 Å². The molecule has 3 nitrogen and oxygen atoms in total. The van der Waals surface area contributed by atoms with Crippen LogP contribution >= 0.6 is 0 Å². The number of nitrogens with zero attached hydrogens (tertiary/aromatic N) is 1. The zero-order chi connectivity index (χ0) is 24.7. The molecule has 4 aromatic carbocycles. The molecule has 2 aliphatic rings. The van der Waals surface area contributed by atoms with Crippen LogP contribution in [0.4, 0.5) is 0 Å². The van der Waals surface area contributed by atoms with Crippen molar-refractivity contribution in [1.29, 1.82) is 0 Å². The molecule has 1 aliphatic heterocycles. The maximum absolute atomic E-state index is 13.4. The normalized spacial score (nSPS) is 25.9. The van der Waals surface area contributed by atoms with Crippen molar-refractivity contribution in [3.63, 3.8) is 0 Å². The largest absolute Gasteiger partial charge is 0.481 e. The molecule has 4 aromatic rings. The third kappa shape index (κ3) is 3.66. The number of carboxylic acid groups (broad SMARTS) is 1. The van der Waals surface area contributed by atoms with Crippen LogP contribution in [-0.2, 0) is 11.3 Å². The molecule has 1 aliphatic carbocycles. The molecule has 1 saturated heterocycles. The number of benzene rings is 4. The van der Waals surface area contributed by atoms with Crippen molar-refractivity contribution >= 4 is 22.3 Å². The average Bonchev–Trinajstić information content (AvgIpc) is 3.22. The summed E-state index contributed by atoms with van der Waals surface area (Å²) in [4.78, 5) is 15.8. The number of hydrogen-bond acceptors (Lipinski definition) is 2. The Kier molecular flexibility index (Phi) is 5.73. The lowest BCUT2D eigenvalue weighted by atomic mass is 9.57. The molecule has 4 unspecified atom stereocenters. The van der Waals surface area contributed by atoms with Crippen LogP contribution in [0.3, 0.4) is 0 Å². The van der Waals surface area contributed by atoms with Gasteiger partial charge in [-0.1, -0.05) is 103 Å². The first-order valence-corrected chi connectivity index (χ1v) is 12.8. The molecule has 1 fully saturated rings. The minimum Gasteiger partial charge on any atom is -0.481 e. The van der Waals surface area contributed by atoms with Gasteiger partial charge in [0.15, 0.2) is 0 Å². The zero-order valence-corrected chi connectivity index (χ0v) is 20.5. The van der Waals surface area contributed by atoms with Crippen LogP contribution in [0.1, 0.15) is 36.0 Å². The van der Waals surface area contributed by atoms with Crippen molar-refractivity contribution < 1.29 is 9.90 Å². The van der Waals surface area contributed by atoms with Gasteiger partial charge in [0.05, 0.1) is 5.41 Å². The van der Waals surface area contributed by atoms with E-state index in [4.69, 9.17) is 0 Å². The third-order valence-electron chi connectivity index (χ3n) is 8.52. The number of aliphatic carboxylic acids is 1. The standard InChI is InChI=1S/C33H31NO2/c1-23-31-29(28-17-16-25-12-8-9-15-27(25)20-28)18-19-30(26-13-6-3-7-14-26)33(31,32(35)36)22-34(23)21-24-10-4-2-5-11-24/h2-18,20,23,30-31H,19,21-22H2,1H3,(H,35,36). The summed E-state index contributed by atoms with van der Waals surface area (Å²) in [5.74, 6) is -0.873. The topological polar surface area (TPSA) is 40.5 Å². The van der Waals surface area contributed by atoms with Crippen LogP contribution in [0.5, 0.6) is 0 Å². The van der Waals surface area contributed by atoms with E-state index in [2.05, 4.69) is 96.8 Å². The van der Waals surface area contributed by atoms with E-state index in [-0.39, 0.29) is 17.9 Å². The molecule has 0 aromatic heterocycles. The van der Waals surface area contributed by atoms with Crippen LogP contribution in [-0.4, -0.2) is 28.6 Å². The molecule has 0 bridgehead atoms. The number of rotatable bonds is 5. The van der Waals surface area contributed by atoms with Gasteiger partial charge in [0.2, 0.25) is 0 Å². The van der Waals surface area contributed by atoms with Crippen molar-refractivity contribution in [1.82, 2.24) is 4.90 Å². The van der Waals surface area contributed by atoms with E-state index in [9.17, 15) is 9.90 Å². The lowest BCUT2D eigenvalue weighted by molar-refractivity contribution is -0.151. The highest BCUT2D eigenvalue weighted by Crippen LogP contribution is 2.59. The highest BCUT2D eigenvalue weighted by molar-refractivity contribution is 5.89. The van der Waals surface area contributed by atoms with Crippen molar-refractivity contribution in [2.24, 2.45) is 11.3 Å². The van der Waals surface area contributed by atoms with Crippen molar-refractivity contribution in [2.75, 3.05) is 6.54 Å². The number of carbonyl (C=O) groups is 1. The zero-order valence-electron chi connectivity index (χ0n) is 20.5. The van der Waals surface area contributed by atoms with Gasteiger partial charge in [-0.25, -0.2) is 0 Å². The second-order valence-electron chi connectivity index (χ2n) is 10.4. The fourth-order valence-corrected chi connectivity index (χ4v) is 6.82. The molecule has 1 N–H and O–H groups in total. The molecule has 6 rings (SSSR count). The average molecular weight is 474 g/mol. The number of allylic oxidation sites excluding steroid dienone is 1. The predicted octanol–water partition coefficient (Wildman–Crippen LogP) is 7.00. The van der Waals surface area contributed by atoms with E-state index >= 15 is 0 Å². The van der Waals surface area contributed by atoms with Gasteiger partial charge in [-0.15, -0.1) is 0 Å². The first-order valence-electron chi connectivity index (χ1n) is 12.8. The molecule has 0 saturated carbocycles. The molecular formula is C33H31NO2. The van der Waals surface area contributed by atoms with E-state index in [0.29, 0.717) is 6.54 Å². The maximum Gasteiger partial charge on any atom is 0.312 e. The van der Waals surface area contributed by atoms with Gasteiger partial charge in [-0.2, -0.15) is 0 Å². The molecule has 4 atom stereocenters. The molecular weight excluding hydrogens is 442 g/mol. The lowest BCUT2D eigenvalue weighted by Gasteiger charge is -2.43. The molecule has 0 amide bonds. The van der Waals surface area contributed by atoms with Crippen LogP contribution in [0.15, 0.2) is 109 Å². The minimum atomic E-state index is -0.898. The summed E-state index contributed by atoms with van der Waals surface area (Å²) in [5, 5.41) is 13.4. The summed E-state index contributed by atoms with van der Waals surface area (Å²) < 4.78 is 0. The lowest BCUT2D eigenvalue weighted by Crippen LogP contribution is -2.47. The summed E-state index contributed by atoms with van der Waals surface area (Å²) in [6.45, 7) is 3.51. The van der Waals surface area contributed by atoms with Crippen molar-refractivity contribution in [2.45, 2.75) is 31.8 Å². The third-order valence-corrected chi connectivity index (χ3v) is 8.52. The van der Waals surface area contributed by atoms with Crippen molar-refractivity contribution in [3.05, 3.63) is 126 Å². The smallest absolute Gasteiger partial charge is 0.312 e. The fourth-order valence-electron chi connectivity index (χ4n) is 6.82. The highest BCUT2D eigenvalue weighted by atomic mass is 16.4. The summed E-state index contributed by atoms with van der Waals surface area (Å²) in [7, 11) is 0. The van der Waals surface area contributed by atoms with Gasteiger partial charge in [-0.3, -0.25) is 9.69 Å². The molecule has 1 heterocycles. The number of hydrogen-bond donors (Lipinski definition) is 1. The van der Waals surface area contributed by atoms with Gasteiger partial charge in [-0.05, 0) is 52.4 Å². The van der Waals surface area contributed by atoms with Gasteiger partial charge >= 0.3 is 5.97 Å². The molecule has 0 radical (unpaired) electrons. The quantitative estimate of drug-likeness (QED) is 0.339. The molecule has 36 heavy (non-hydrogen) atoms. The van der Waals surface area contributed by atoms with Crippen molar-refractivity contribution in [3.8, 4) is 0 Å². The van der Waals surface area contributed by atoms with Gasteiger partial charge in [0.25, 0.3) is 0 Å². The Morgan fingerprint density at radius 2 is 1.56 bits per heavy atom. The molecule has 0 spiro atoms. The predicted molar refractivity (Wildman–Crippen MR) is 146 cm³/mol. The Hall–Kier alpha value is -3.69. The van der Waals surface area contributed by atoms with Crippen LogP contribution < -0.4 is 0 Å². The summed E-state index contributed by atoms with van der Waals surface area (Å²) in [6, 6.07) is 35.7. The van der Waals surface area contributed by atoms with E-state index in [1.807, 2.05) is 24.3 Å². The van der Waals surface area contributed by atoms with Gasteiger partial charge in [0.1, 0.15) is 0 Å². The SMILES string of the molecule is CC1C2C(c3ccc4ccccc4c3)=CCC(c3ccccc3)C2(C(=O)O)CN1Cc1ccccc1. The summed E-state index contributed by atoms with van der Waals surface area (Å²) >= 11 is 0. The van der Waals surface area contributed by atoms with E-state index in [1.54, 1.807) is 0 Å². The Balaban J connectivity index is 1.50. The minimum absolute atomic E-state index is 0.0753. The molecule has 180 valence electrons. The monoisotopic (exact) mass is 473 g/mol. The highest BCUT2D eigenvalue weighted by Gasteiger charge is 2.62. The first kappa shape index (κ1) is 22.8. The van der Waals surface area contributed by atoms with E-state index in [0.717, 1.165) is 24.1 Å². The Morgan fingerprint density at radius 1 is 0.889 bits per heavy atom. The Labute approximate surface area is 212 Å². The first-order chi connectivity index (χ1) is 17.6. The van der Waals surface area contributed by atoms with Gasteiger partial charge < -0.3 is 5.11 Å². The number of likely N-dealkylation sites (tertiary alicyclic amines) is 1. The van der Waals surface area contributed by atoms with Crippen LogP contribution in [0.25, 0.3) is 16.3 Å². The van der Waals surface area contributed by atoms with Crippen LogP contribution in [0, 0.1) is 11.3 Å². The summed E-state index contributed by atoms with van der Waals surface area (Å²) in [6.07, 6.45) is 3.05. The Bertz CT molecular complexity index is 1430. The molecule has 3 heteroatoms. The summed E-state index contributed by atoms with van der Waals surface area (Å²) in [5.41, 5.74) is 3.76. The number of carboxylic acids is 1. The Morgan fingerprint density at radius 3 is 2.28 bits per heavy atom. The van der Waals surface area contributed by atoms with Gasteiger partial charge in [0, 0.05) is 31.0 Å².